The summed E-state index contributed by atoms with van der Waals surface area (Å²) in [7, 11) is 0. The summed E-state index contributed by atoms with van der Waals surface area (Å²) >= 11 is 6.09. The molecular formula is C17H29ClN4O2. The summed E-state index contributed by atoms with van der Waals surface area (Å²) in [5.74, 6) is 0. The highest BCUT2D eigenvalue weighted by Gasteiger charge is 2.18. The van der Waals surface area contributed by atoms with Crippen LogP contribution in [0.3, 0.4) is 0 Å². The second kappa shape index (κ2) is 9.69. The predicted molar refractivity (Wildman–Crippen MR) is 98.6 cm³/mol. The molecule has 0 saturated carbocycles. The number of hydrogen-bond acceptors (Lipinski definition) is 5. The van der Waals surface area contributed by atoms with Gasteiger partial charge in [-0.05, 0) is 45.9 Å². The number of piperazine rings is 1. The first-order valence-corrected chi connectivity index (χ1v) is 8.67. The van der Waals surface area contributed by atoms with E-state index in [-0.39, 0.29) is 0 Å². The fraction of sp³-hybridized carbons (Fsp3) is 0.647. The Hall–Kier alpha value is -1.53. The quantitative estimate of drug-likeness (QED) is 0.842. The van der Waals surface area contributed by atoms with Crippen LogP contribution in [-0.2, 0) is 4.74 Å². The Bertz CT molecular complexity index is 512. The van der Waals surface area contributed by atoms with Gasteiger partial charge in [0, 0.05) is 32.4 Å². The fourth-order valence-electron chi connectivity index (χ4n) is 2.44. The van der Waals surface area contributed by atoms with Gasteiger partial charge in [0.05, 0.1) is 5.69 Å². The average Bonchev–Trinajstić information content (AvgIpc) is 2.47. The summed E-state index contributed by atoms with van der Waals surface area (Å²) in [6.07, 6.45) is 2.24. The predicted octanol–water partition coefficient (Wildman–Crippen LogP) is 3.15. The second-order valence-corrected chi connectivity index (χ2v) is 7.03. The van der Waals surface area contributed by atoms with E-state index in [1.54, 1.807) is 27.0 Å². The molecule has 1 amide bonds. The molecule has 0 atom stereocenters. The van der Waals surface area contributed by atoms with Crippen LogP contribution < -0.4 is 10.6 Å². The minimum atomic E-state index is -0.725. The molecule has 1 aliphatic heterocycles. The molecule has 2 rings (SSSR count). The van der Waals surface area contributed by atoms with Crippen LogP contribution in [0.5, 0.6) is 0 Å². The zero-order valence-corrected chi connectivity index (χ0v) is 15.8. The lowest BCUT2D eigenvalue weighted by molar-refractivity contribution is 0.0600. The number of pyridine rings is 1. The van der Waals surface area contributed by atoms with Crippen LogP contribution in [0.2, 0.25) is 5.15 Å². The van der Waals surface area contributed by atoms with Crippen molar-refractivity contribution in [1.82, 2.24) is 9.88 Å². The molecule has 0 aromatic carbocycles. The van der Waals surface area contributed by atoms with E-state index in [0.29, 0.717) is 5.15 Å². The summed E-state index contributed by atoms with van der Waals surface area (Å²) in [5, 5.41) is 0.617. The number of carbonyl (C=O) groups is 1. The van der Waals surface area contributed by atoms with Crippen molar-refractivity contribution < 1.29 is 9.53 Å². The number of amides is 1. The molecule has 6 nitrogen and oxygen atoms in total. The average molecular weight is 357 g/mol. The Balaban J connectivity index is 0.000000307. The van der Waals surface area contributed by atoms with Crippen molar-refractivity contribution in [1.29, 1.82) is 0 Å². The van der Waals surface area contributed by atoms with E-state index in [4.69, 9.17) is 17.3 Å². The topological polar surface area (TPSA) is 71.7 Å². The largest absolute Gasteiger partial charge is 0.444 e. The third-order valence-corrected chi connectivity index (χ3v) is 3.69. The number of aromatic nitrogens is 1. The molecule has 0 unspecified atom stereocenters. The molecule has 1 aromatic rings. The maximum absolute atomic E-state index is 10.0. The highest BCUT2D eigenvalue weighted by Crippen LogP contribution is 2.23. The number of primary amides is 1. The monoisotopic (exact) mass is 356 g/mol. The molecule has 1 aliphatic rings. The highest BCUT2D eigenvalue weighted by atomic mass is 35.5. The number of nitrogens with zero attached hydrogens (tertiary/aromatic N) is 3. The molecule has 1 fully saturated rings. The van der Waals surface area contributed by atoms with Crippen LogP contribution in [0.4, 0.5) is 10.5 Å². The van der Waals surface area contributed by atoms with Crippen molar-refractivity contribution in [2.24, 2.45) is 5.73 Å². The van der Waals surface area contributed by atoms with Gasteiger partial charge in [-0.3, -0.25) is 4.90 Å². The SMILES string of the molecule is CC(C)(C)OC(N)=O.CCCN1CCN(c2cccnc2Cl)CC1. The van der Waals surface area contributed by atoms with Gasteiger partial charge in [0.15, 0.2) is 5.15 Å². The Morgan fingerprint density at radius 2 is 1.96 bits per heavy atom. The molecule has 0 aliphatic carbocycles. The molecule has 2 N–H and O–H groups in total. The number of anilines is 1. The normalized spacial score (nSPS) is 15.5. The molecule has 136 valence electrons. The summed E-state index contributed by atoms with van der Waals surface area (Å²) in [4.78, 5) is 19.0. The van der Waals surface area contributed by atoms with Gasteiger partial charge in [0.25, 0.3) is 0 Å². The van der Waals surface area contributed by atoms with Crippen LogP contribution in [0, 0.1) is 0 Å². The van der Waals surface area contributed by atoms with E-state index in [1.807, 2.05) is 12.1 Å². The van der Waals surface area contributed by atoms with E-state index < -0.39 is 11.7 Å². The van der Waals surface area contributed by atoms with E-state index >= 15 is 0 Å². The van der Waals surface area contributed by atoms with Crippen LogP contribution in [-0.4, -0.2) is 54.3 Å². The van der Waals surface area contributed by atoms with Crippen LogP contribution in [0.15, 0.2) is 18.3 Å². The summed E-state index contributed by atoms with van der Waals surface area (Å²) in [5.41, 5.74) is 5.33. The maximum atomic E-state index is 10.0. The van der Waals surface area contributed by atoms with E-state index in [0.717, 1.165) is 31.9 Å². The van der Waals surface area contributed by atoms with Crippen molar-refractivity contribution >= 4 is 23.4 Å². The van der Waals surface area contributed by atoms with Gasteiger partial charge >= 0.3 is 6.09 Å². The van der Waals surface area contributed by atoms with Gasteiger partial charge in [-0.25, -0.2) is 9.78 Å². The lowest BCUT2D eigenvalue weighted by atomic mass is 10.2. The van der Waals surface area contributed by atoms with Gasteiger partial charge in [0.2, 0.25) is 0 Å². The molecule has 0 radical (unpaired) electrons. The van der Waals surface area contributed by atoms with Gasteiger partial charge in [-0.1, -0.05) is 18.5 Å². The fourth-order valence-corrected chi connectivity index (χ4v) is 2.68. The summed E-state index contributed by atoms with van der Waals surface area (Å²) in [6, 6.07) is 3.99. The number of halogens is 1. The third kappa shape index (κ3) is 7.84. The lowest BCUT2D eigenvalue weighted by Crippen LogP contribution is -2.46. The number of rotatable bonds is 3. The minimum Gasteiger partial charge on any atom is -0.444 e. The first kappa shape index (κ1) is 20.5. The van der Waals surface area contributed by atoms with Crippen molar-refractivity contribution in [2.75, 3.05) is 37.6 Å². The molecule has 0 spiro atoms. The van der Waals surface area contributed by atoms with Gasteiger partial charge in [0.1, 0.15) is 5.60 Å². The number of hydrogen-bond donors (Lipinski definition) is 1. The maximum Gasteiger partial charge on any atom is 0.405 e. The number of carbonyl (C=O) groups excluding carboxylic acids is 1. The number of nitrogens with two attached hydrogens (primary N) is 1. The van der Waals surface area contributed by atoms with Crippen LogP contribution >= 0.6 is 11.6 Å². The van der Waals surface area contributed by atoms with Crippen LogP contribution in [0.1, 0.15) is 34.1 Å². The summed E-state index contributed by atoms with van der Waals surface area (Å²) < 4.78 is 4.58. The highest BCUT2D eigenvalue weighted by molar-refractivity contribution is 6.32. The Kier molecular flexibility index (Phi) is 8.28. The minimum absolute atomic E-state index is 0.453. The van der Waals surface area contributed by atoms with Crippen molar-refractivity contribution in [3.05, 3.63) is 23.5 Å². The van der Waals surface area contributed by atoms with Gasteiger partial charge in [-0.2, -0.15) is 0 Å². The van der Waals surface area contributed by atoms with Crippen molar-refractivity contribution in [3.63, 3.8) is 0 Å². The molecule has 1 saturated heterocycles. The Labute approximate surface area is 149 Å². The Morgan fingerprint density at radius 3 is 2.38 bits per heavy atom. The van der Waals surface area contributed by atoms with Gasteiger partial charge < -0.3 is 15.4 Å². The summed E-state index contributed by atoms with van der Waals surface area (Å²) in [6.45, 7) is 13.1. The van der Waals surface area contributed by atoms with Crippen molar-refractivity contribution in [3.8, 4) is 0 Å². The second-order valence-electron chi connectivity index (χ2n) is 6.68. The lowest BCUT2D eigenvalue weighted by Gasteiger charge is -2.36. The molecule has 7 heteroatoms. The van der Waals surface area contributed by atoms with E-state index in [1.165, 1.54) is 13.0 Å². The first-order valence-electron chi connectivity index (χ1n) is 8.29. The standard InChI is InChI=1S/C12H18ClN3.C5H11NO2/c1-2-6-15-7-9-16(10-8-15)11-4-3-5-14-12(11)13;1-5(2,3)8-4(6)7/h3-5H,2,6-10H2,1H3;1-3H3,(H2,6,7). The molecule has 24 heavy (non-hydrogen) atoms. The Morgan fingerprint density at radius 1 is 1.33 bits per heavy atom. The zero-order valence-electron chi connectivity index (χ0n) is 15.1. The smallest absolute Gasteiger partial charge is 0.405 e. The zero-order chi connectivity index (χ0) is 18.2. The molecule has 2 heterocycles. The van der Waals surface area contributed by atoms with Crippen LogP contribution in [0.25, 0.3) is 0 Å². The van der Waals surface area contributed by atoms with E-state index in [9.17, 15) is 4.79 Å². The van der Waals surface area contributed by atoms with Crippen molar-refractivity contribution in [2.45, 2.75) is 39.7 Å². The molecule has 0 bridgehead atoms. The number of ether oxygens (including phenoxy) is 1. The third-order valence-electron chi connectivity index (χ3n) is 3.40. The molecule has 1 aromatic heterocycles. The molecular weight excluding hydrogens is 328 g/mol. The van der Waals surface area contributed by atoms with E-state index in [2.05, 4.69) is 26.4 Å². The first-order chi connectivity index (χ1) is 11.2. The van der Waals surface area contributed by atoms with Gasteiger partial charge in [-0.15, -0.1) is 0 Å².